The first kappa shape index (κ1) is 82.0. The molecule has 0 fully saturated rings. The van der Waals surface area contributed by atoms with E-state index in [1.807, 2.05) is 21.1 Å². The van der Waals surface area contributed by atoms with Gasteiger partial charge in [-0.15, -0.1) is 0 Å². The van der Waals surface area contributed by atoms with Crippen LogP contribution in [0.4, 0.5) is 0 Å². The molecule has 0 aliphatic carbocycles. The number of aliphatic carboxylic acids is 1. The number of rotatable bonds is 65. The number of carbonyl (C=O) groups is 3. The smallest absolute Gasteiger partial charge is 0.361 e. The Labute approximate surface area is 530 Å². The maximum absolute atomic E-state index is 12.9. The lowest BCUT2D eigenvalue weighted by Gasteiger charge is -2.25. The highest BCUT2D eigenvalue weighted by atomic mass is 16.7. The Morgan fingerprint density at radius 1 is 0.360 bits per heavy atom. The van der Waals surface area contributed by atoms with E-state index in [0.717, 1.165) is 77.0 Å². The minimum Gasteiger partial charge on any atom is -0.477 e. The monoisotopic (exact) mass is 1200 g/mol. The van der Waals surface area contributed by atoms with Crippen LogP contribution >= 0.6 is 0 Å². The molecule has 0 spiro atoms. The number of quaternary nitrogens is 1. The molecule has 0 amide bonds. The van der Waals surface area contributed by atoms with E-state index in [2.05, 4.69) is 123 Å². The average molecular weight is 1200 g/mol. The Morgan fingerprint density at radius 3 is 0.977 bits per heavy atom. The van der Waals surface area contributed by atoms with Crippen LogP contribution in [0.5, 0.6) is 0 Å². The van der Waals surface area contributed by atoms with Crippen molar-refractivity contribution in [3.8, 4) is 0 Å². The van der Waals surface area contributed by atoms with Crippen LogP contribution in [-0.4, -0.2) is 87.4 Å². The van der Waals surface area contributed by atoms with Gasteiger partial charge in [-0.2, -0.15) is 0 Å². The fourth-order valence-electron chi connectivity index (χ4n) is 9.90. The van der Waals surface area contributed by atoms with E-state index in [9.17, 15) is 19.5 Å². The van der Waals surface area contributed by atoms with Crippen molar-refractivity contribution in [1.82, 2.24) is 0 Å². The summed E-state index contributed by atoms with van der Waals surface area (Å²) in [6.45, 7) is 4.72. The van der Waals surface area contributed by atoms with Crippen LogP contribution in [0.3, 0.4) is 0 Å². The number of ether oxygens (including phenoxy) is 4. The zero-order valence-corrected chi connectivity index (χ0v) is 56.4. The molecule has 0 rings (SSSR count). The molecule has 0 saturated heterocycles. The van der Waals surface area contributed by atoms with Crippen LogP contribution in [0.25, 0.3) is 0 Å². The van der Waals surface area contributed by atoms with Gasteiger partial charge < -0.3 is 28.5 Å². The molecule has 2 unspecified atom stereocenters. The Hall–Kier alpha value is -4.05. The molecular formula is C77H134NO8+. The number of carboxylic acid groups (broad SMARTS) is 1. The number of hydrogen-bond acceptors (Lipinski definition) is 7. The summed E-state index contributed by atoms with van der Waals surface area (Å²) in [4.78, 5) is 37.6. The average Bonchev–Trinajstić information content (AvgIpc) is 3.64. The number of esters is 2. The van der Waals surface area contributed by atoms with E-state index in [1.54, 1.807) is 0 Å². The van der Waals surface area contributed by atoms with E-state index >= 15 is 0 Å². The predicted octanol–water partition coefficient (Wildman–Crippen LogP) is 22.2. The van der Waals surface area contributed by atoms with Crippen molar-refractivity contribution in [2.24, 2.45) is 0 Å². The molecule has 0 aliphatic rings. The molecule has 0 saturated carbocycles. The van der Waals surface area contributed by atoms with Crippen molar-refractivity contribution >= 4 is 17.9 Å². The first-order chi connectivity index (χ1) is 42.1. The second-order valence-corrected chi connectivity index (χ2v) is 24.8. The van der Waals surface area contributed by atoms with Crippen LogP contribution in [0.1, 0.15) is 303 Å². The molecule has 0 aromatic heterocycles. The molecule has 0 aromatic rings. The Bertz CT molecular complexity index is 1780. The minimum absolute atomic E-state index is 0.172. The number of hydrogen-bond donors (Lipinski definition) is 1. The first-order valence-corrected chi connectivity index (χ1v) is 35.6. The zero-order chi connectivity index (χ0) is 62.6. The lowest BCUT2D eigenvalue weighted by atomic mass is 10.0. The largest absolute Gasteiger partial charge is 0.477 e. The van der Waals surface area contributed by atoms with E-state index in [1.165, 1.54) is 186 Å². The number of unbranched alkanes of at least 4 members (excludes halogenated alkanes) is 32. The Kier molecular flexibility index (Phi) is 63.7. The normalized spacial score (nSPS) is 13.4. The van der Waals surface area contributed by atoms with E-state index in [4.69, 9.17) is 18.9 Å². The summed E-state index contributed by atoms with van der Waals surface area (Å²) in [7, 11) is 5.96. The molecule has 0 radical (unpaired) electrons. The van der Waals surface area contributed by atoms with E-state index in [0.29, 0.717) is 23.9 Å². The van der Waals surface area contributed by atoms with Crippen molar-refractivity contribution in [3.05, 3.63) is 109 Å². The van der Waals surface area contributed by atoms with Crippen LogP contribution < -0.4 is 0 Å². The zero-order valence-electron chi connectivity index (χ0n) is 56.4. The summed E-state index contributed by atoms with van der Waals surface area (Å²) in [6, 6.07) is 0. The molecular weight excluding hydrogens is 1070 g/mol. The minimum atomic E-state index is -1.53. The molecule has 0 heterocycles. The number of allylic oxidation sites excluding steroid dienone is 18. The maximum Gasteiger partial charge on any atom is 0.361 e. The molecule has 9 nitrogen and oxygen atoms in total. The van der Waals surface area contributed by atoms with Gasteiger partial charge in [-0.1, -0.05) is 322 Å². The SMILES string of the molecule is CC/C=C\C/C=C\C/C=C\C/C=C\C/C=C\C/C=C\C/C=C\C/C=C\C/C=C\CCCC(=O)OC(COC(=O)CCCCCCCCCCCCCCCCCCCCCCCCCCCCCCCCCC)COC(OCC[N+](C)(C)C)C(=O)O. The van der Waals surface area contributed by atoms with E-state index in [-0.39, 0.29) is 38.6 Å². The summed E-state index contributed by atoms with van der Waals surface area (Å²) < 4.78 is 22.9. The molecule has 1 N–H and O–H groups in total. The van der Waals surface area contributed by atoms with Gasteiger partial charge in [0.1, 0.15) is 13.2 Å². The van der Waals surface area contributed by atoms with Crippen molar-refractivity contribution in [1.29, 1.82) is 0 Å². The van der Waals surface area contributed by atoms with E-state index < -0.39 is 24.3 Å². The molecule has 0 bridgehead atoms. The fourth-order valence-corrected chi connectivity index (χ4v) is 9.90. The number of nitrogens with zero attached hydrogens (tertiary/aromatic N) is 1. The fraction of sp³-hybridized carbons (Fsp3) is 0.727. The van der Waals surface area contributed by atoms with Crippen molar-refractivity contribution in [3.63, 3.8) is 0 Å². The van der Waals surface area contributed by atoms with Gasteiger partial charge in [-0.25, -0.2) is 4.79 Å². The van der Waals surface area contributed by atoms with Crippen LogP contribution in [0, 0.1) is 0 Å². The highest BCUT2D eigenvalue weighted by Gasteiger charge is 2.25. The van der Waals surface area contributed by atoms with Gasteiger partial charge in [0.15, 0.2) is 6.10 Å². The van der Waals surface area contributed by atoms with Gasteiger partial charge in [0.2, 0.25) is 0 Å². The molecule has 2 atom stereocenters. The summed E-state index contributed by atoms with van der Waals surface area (Å²) in [6.07, 6.45) is 90.8. The summed E-state index contributed by atoms with van der Waals surface area (Å²) in [5, 5.41) is 9.74. The van der Waals surface area contributed by atoms with Crippen molar-refractivity contribution < 1.29 is 42.9 Å². The Morgan fingerprint density at radius 2 is 0.663 bits per heavy atom. The topological polar surface area (TPSA) is 108 Å². The second-order valence-electron chi connectivity index (χ2n) is 24.8. The molecule has 86 heavy (non-hydrogen) atoms. The van der Waals surface area contributed by atoms with Crippen LogP contribution in [-0.2, 0) is 33.3 Å². The third-order valence-electron chi connectivity index (χ3n) is 15.3. The number of carboxylic acids is 1. The molecule has 494 valence electrons. The standard InChI is InChI=1S/C77H133NO8/c1-6-8-10-12-14-16-18-20-22-24-26-28-30-32-34-36-37-38-40-41-43-45-47-49-51-53-55-57-59-61-63-65-67-74(79)84-71-73(72-85-77(76(81)82)83-70-69-78(3,4)5)86-75(80)68-66-64-62-60-58-56-54-52-50-48-46-44-42-39-35-33-31-29-27-25-23-21-19-17-15-13-11-9-7-2/h9,11,15,17,21,23,27,29,33,35,42,44,48,50,54,56,60,62,73,77H,6-8,10,12-14,16,18-20,22,24-26,28,30-32,34,36-41,43,45-47,49,51-53,55,57-59,61,63-72H2,1-5H3/p+1/b11-9-,17-15-,23-21-,29-27-,35-33-,44-42-,50-48-,56-54-,62-60-. The Balaban J connectivity index is 4.19. The van der Waals surface area contributed by atoms with Crippen LogP contribution in [0.2, 0.25) is 0 Å². The van der Waals surface area contributed by atoms with Gasteiger partial charge in [0.05, 0.1) is 34.4 Å². The van der Waals surface area contributed by atoms with Crippen LogP contribution in [0.15, 0.2) is 109 Å². The van der Waals surface area contributed by atoms with Gasteiger partial charge in [0.25, 0.3) is 6.29 Å². The number of carbonyl (C=O) groups excluding carboxylic acids is 2. The van der Waals surface area contributed by atoms with Gasteiger partial charge >= 0.3 is 17.9 Å². The predicted molar refractivity (Wildman–Crippen MR) is 368 cm³/mol. The lowest BCUT2D eigenvalue weighted by Crippen LogP contribution is -2.40. The molecule has 9 heteroatoms. The van der Waals surface area contributed by atoms with Gasteiger partial charge in [0, 0.05) is 12.8 Å². The number of likely N-dealkylation sites (N-methyl/N-ethyl adjacent to an activating group) is 1. The first-order valence-electron chi connectivity index (χ1n) is 35.6. The quantitative estimate of drug-likeness (QED) is 0.0211. The van der Waals surface area contributed by atoms with Gasteiger partial charge in [-0.05, 0) is 77.0 Å². The second kappa shape index (κ2) is 66.9. The molecule has 0 aliphatic heterocycles. The van der Waals surface area contributed by atoms with Crippen molar-refractivity contribution in [2.75, 3.05) is 47.5 Å². The lowest BCUT2D eigenvalue weighted by molar-refractivity contribution is -0.870. The third kappa shape index (κ3) is 67.5. The van der Waals surface area contributed by atoms with Gasteiger partial charge in [-0.3, -0.25) is 9.59 Å². The van der Waals surface area contributed by atoms with Crippen molar-refractivity contribution in [2.45, 2.75) is 315 Å². The highest BCUT2D eigenvalue weighted by molar-refractivity contribution is 5.71. The summed E-state index contributed by atoms with van der Waals surface area (Å²) in [5.74, 6) is -2.08. The molecule has 0 aromatic carbocycles. The third-order valence-corrected chi connectivity index (χ3v) is 15.3. The summed E-state index contributed by atoms with van der Waals surface area (Å²) >= 11 is 0. The highest BCUT2D eigenvalue weighted by Crippen LogP contribution is 2.18. The summed E-state index contributed by atoms with van der Waals surface area (Å²) in [5.41, 5.74) is 0. The maximum atomic E-state index is 12.9.